The van der Waals surface area contributed by atoms with Crippen molar-refractivity contribution in [1.82, 2.24) is 4.90 Å². The van der Waals surface area contributed by atoms with Gasteiger partial charge in [0.2, 0.25) is 0 Å². The molecule has 0 amide bonds. The van der Waals surface area contributed by atoms with E-state index in [1.165, 1.54) is 20.5 Å². The summed E-state index contributed by atoms with van der Waals surface area (Å²) in [6.07, 6.45) is 1.43. The molecule has 2 aliphatic heterocycles. The Morgan fingerprint density at radius 3 is 2.79 bits per heavy atom. The number of β-amino-alcohol motifs (C(OH)–C–C–N with tert-alkyl or cyclic N) is 1. The maximum atomic E-state index is 10.7. The van der Waals surface area contributed by atoms with Gasteiger partial charge in [-0.25, -0.2) is 0 Å². The van der Waals surface area contributed by atoms with Gasteiger partial charge in [0.05, 0.1) is 7.11 Å². The monoisotopic (exact) mass is 481 g/mol. The third-order valence-corrected chi connectivity index (χ3v) is 8.30. The van der Waals surface area contributed by atoms with Crippen molar-refractivity contribution in [2.75, 3.05) is 33.4 Å². The van der Waals surface area contributed by atoms with E-state index in [9.17, 15) is 5.11 Å². The predicted octanol–water partition coefficient (Wildman–Crippen LogP) is 5.49. The number of ether oxygens (including phenoxy) is 3. The molecule has 0 unspecified atom stereocenters. The van der Waals surface area contributed by atoms with Crippen LogP contribution in [0.25, 0.3) is 10.1 Å². The van der Waals surface area contributed by atoms with Gasteiger partial charge in [0.25, 0.3) is 0 Å². The van der Waals surface area contributed by atoms with Crippen molar-refractivity contribution in [2.24, 2.45) is 5.92 Å². The van der Waals surface area contributed by atoms with Gasteiger partial charge < -0.3 is 24.2 Å². The van der Waals surface area contributed by atoms with Crippen LogP contribution >= 0.6 is 11.3 Å². The van der Waals surface area contributed by atoms with E-state index < -0.39 is 6.10 Å². The molecule has 182 valence electrons. The summed E-state index contributed by atoms with van der Waals surface area (Å²) in [5.74, 6) is 3.57. The summed E-state index contributed by atoms with van der Waals surface area (Å²) < 4.78 is 18.9. The summed E-state index contributed by atoms with van der Waals surface area (Å²) in [6.45, 7) is 9.36. The Hall–Kier alpha value is -2.28. The fraction of sp³-hybridized carbons (Fsp3) is 0.500. The molecular formula is C28H35NO4S. The molecule has 5 rings (SSSR count). The minimum atomic E-state index is -0.539. The van der Waals surface area contributed by atoms with Gasteiger partial charge in [0.15, 0.2) is 11.5 Å². The Kier molecular flexibility index (Phi) is 6.49. The average Bonchev–Trinajstić information content (AvgIpc) is 3.37. The third kappa shape index (κ3) is 4.77. The van der Waals surface area contributed by atoms with Crippen molar-refractivity contribution in [2.45, 2.75) is 51.2 Å². The zero-order valence-electron chi connectivity index (χ0n) is 20.5. The molecule has 2 aliphatic rings. The number of aliphatic hydroxyl groups excluding tert-OH is 1. The van der Waals surface area contributed by atoms with Gasteiger partial charge in [-0.2, -0.15) is 0 Å². The zero-order chi connectivity index (χ0) is 23.9. The maximum Gasteiger partial charge on any atom is 0.165 e. The summed E-state index contributed by atoms with van der Waals surface area (Å²) in [5.41, 5.74) is 0.965. The summed E-state index contributed by atoms with van der Waals surface area (Å²) in [7, 11) is 1.74. The van der Waals surface area contributed by atoms with E-state index in [0.717, 1.165) is 43.2 Å². The first-order valence-corrected chi connectivity index (χ1v) is 13.0. The van der Waals surface area contributed by atoms with E-state index in [2.05, 4.69) is 49.9 Å². The average molecular weight is 482 g/mol. The molecule has 0 aliphatic carbocycles. The van der Waals surface area contributed by atoms with Gasteiger partial charge in [-0.1, -0.05) is 25.1 Å². The van der Waals surface area contributed by atoms with Crippen molar-refractivity contribution in [3.8, 4) is 17.2 Å². The van der Waals surface area contributed by atoms with Gasteiger partial charge in [-0.05, 0) is 62.9 Å². The minimum absolute atomic E-state index is 0.208. The molecule has 3 atom stereocenters. The number of benzene rings is 2. The van der Waals surface area contributed by atoms with E-state index in [-0.39, 0.29) is 12.2 Å². The molecule has 0 radical (unpaired) electrons. The van der Waals surface area contributed by atoms with Gasteiger partial charge in [-0.15, -0.1) is 11.3 Å². The van der Waals surface area contributed by atoms with Crippen molar-refractivity contribution >= 4 is 21.4 Å². The minimum Gasteiger partial charge on any atom is -0.496 e. The second kappa shape index (κ2) is 9.40. The Labute approximate surface area is 206 Å². The molecule has 0 bridgehead atoms. The van der Waals surface area contributed by atoms with Crippen LogP contribution in [0.15, 0.2) is 42.5 Å². The fourth-order valence-corrected chi connectivity index (χ4v) is 6.82. The van der Waals surface area contributed by atoms with E-state index in [0.29, 0.717) is 18.4 Å². The lowest BCUT2D eigenvalue weighted by Crippen LogP contribution is -2.43. The van der Waals surface area contributed by atoms with Crippen molar-refractivity contribution in [3.63, 3.8) is 0 Å². The molecule has 0 spiro atoms. The first-order valence-electron chi connectivity index (χ1n) is 12.2. The number of fused-ring (bicyclic) bond motifs is 2. The number of nitrogens with zero attached hydrogens (tertiary/aromatic N) is 1. The Morgan fingerprint density at radius 1 is 1.21 bits per heavy atom. The molecule has 0 saturated carbocycles. The quantitative estimate of drug-likeness (QED) is 0.484. The standard InChI is InChI=1S/C28H35NO4S/c1-18-15-29(12-11-21(18)26-13-22-23(31-4)8-6-10-25(22)34-26)16-20(30)17-32-24-9-5-7-19-14-28(2,3)33-27(19)24/h5-10,13,18,20-21,30H,11-12,14-17H2,1-4H3/t18-,20+,21-/m1/s1. The number of hydrogen-bond acceptors (Lipinski definition) is 6. The number of hydrogen-bond donors (Lipinski definition) is 1. The summed E-state index contributed by atoms with van der Waals surface area (Å²) in [6, 6.07) is 14.6. The largest absolute Gasteiger partial charge is 0.496 e. The van der Waals surface area contributed by atoms with E-state index in [1.54, 1.807) is 7.11 Å². The predicted molar refractivity (Wildman–Crippen MR) is 138 cm³/mol. The van der Waals surface area contributed by atoms with Gasteiger partial charge >= 0.3 is 0 Å². The summed E-state index contributed by atoms with van der Waals surface area (Å²) >= 11 is 1.89. The van der Waals surface area contributed by atoms with Crippen LogP contribution < -0.4 is 14.2 Å². The van der Waals surface area contributed by atoms with Crippen LogP contribution in [-0.2, 0) is 6.42 Å². The second-order valence-corrected chi connectivity index (χ2v) is 11.5. The number of para-hydroxylation sites is 1. The molecule has 5 nitrogen and oxygen atoms in total. The van der Waals surface area contributed by atoms with Gasteiger partial charge in [-0.3, -0.25) is 0 Å². The van der Waals surface area contributed by atoms with Crippen molar-refractivity contribution in [1.29, 1.82) is 0 Å². The van der Waals surface area contributed by atoms with Crippen LogP contribution in [-0.4, -0.2) is 55.1 Å². The Morgan fingerprint density at radius 2 is 2.00 bits per heavy atom. The smallest absolute Gasteiger partial charge is 0.165 e. The molecule has 6 heteroatoms. The lowest BCUT2D eigenvalue weighted by molar-refractivity contribution is 0.0479. The lowest BCUT2D eigenvalue weighted by atomic mass is 9.85. The molecular weight excluding hydrogens is 446 g/mol. The zero-order valence-corrected chi connectivity index (χ0v) is 21.4. The van der Waals surface area contributed by atoms with E-state index in [1.807, 2.05) is 29.5 Å². The van der Waals surface area contributed by atoms with Crippen molar-refractivity contribution in [3.05, 3.63) is 52.9 Å². The van der Waals surface area contributed by atoms with Crippen LogP contribution in [0.3, 0.4) is 0 Å². The third-order valence-electron chi connectivity index (χ3n) is 7.07. The topological polar surface area (TPSA) is 51.2 Å². The van der Waals surface area contributed by atoms with Crippen molar-refractivity contribution < 1.29 is 19.3 Å². The summed E-state index contributed by atoms with van der Waals surface area (Å²) in [5, 5.41) is 11.9. The van der Waals surface area contributed by atoms with Crippen LogP contribution in [0.2, 0.25) is 0 Å². The fourth-order valence-electron chi connectivity index (χ4n) is 5.47. The highest BCUT2D eigenvalue weighted by atomic mass is 32.1. The van der Waals surface area contributed by atoms with Gasteiger partial charge in [0, 0.05) is 40.0 Å². The number of piperidine rings is 1. The molecule has 1 aromatic heterocycles. The van der Waals surface area contributed by atoms with E-state index in [4.69, 9.17) is 14.2 Å². The molecule has 2 aromatic carbocycles. The van der Waals surface area contributed by atoms with Gasteiger partial charge in [0.1, 0.15) is 24.1 Å². The Bertz CT molecular complexity index is 1160. The van der Waals surface area contributed by atoms with Crippen LogP contribution in [0.4, 0.5) is 0 Å². The number of rotatable bonds is 7. The molecule has 1 N–H and O–H groups in total. The highest BCUT2D eigenvalue weighted by Crippen LogP contribution is 2.43. The van der Waals surface area contributed by atoms with Crippen LogP contribution in [0, 0.1) is 5.92 Å². The SMILES string of the molecule is COc1cccc2sc([C@@H]3CCN(C[C@H](O)COc4cccc5c4OC(C)(C)C5)C[C@H]3C)cc12. The second-order valence-electron chi connectivity index (χ2n) is 10.4. The molecule has 3 aromatic rings. The molecule has 1 saturated heterocycles. The number of likely N-dealkylation sites (tertiary alicyclic amines) is 1. The van der Waals surface area contributed by atoms with Crippen LogP contribution in [0.5, 0.6) is 17.2 Å². The first kappa shape index (κ1) is 23.5. The Balaban J connectivity index is 1.16. The lowest BCUT2D eigenvalue weighted by Gasteiger charge is -2.37. The van der Waals surface area contributed by atoms with E-state index >= 15 is 0 Å². The van der Waals surface area contributed by atoms with Crippen LogP contribution in [0.1, 0.15) is 43.6 Å². The highest BCUT2D eigenvalue weighted by molar-refractivity contribution is 7.19. The summed E-state index contributed by atoms with van der Waals surface area (Å²) in [4.78, 5) is 3.81. The maximum absolute atomic E-state index is 10.7. The molecule has 34 heavy (non-hydrogen) atoms. The number of methoxy groups -OCH3 is 1. The first-order chi connectivity index (χ1) is 16.3. The number of aliphatic hydroxyl groups is 1. The molecule has 3 heterocycles. The number of thiophene rings is 1. The highest BCUT2D eigenvalue weighted by Gasteiger charge is 2.33. The normalized spacial score (nSPS) is 22.9. The molecule has 1 fully saturated rings.